The summed E-state index contributed by atoms with van der Waals surface area (Å²) in [5.74, 6) is -1.39. The number of nitrogens with one attached hydrogen (secondary N) is 1. The molecule has 0 saturated carbocycles. The van der Waals surface area contributed by atoms with E-state index in [-0.39, 0.29) is 23.6 Å². The minimum atomic E-state index is -1.12. The molecule has 136 valence electrons. The van der Waals surface area contributed by atoms with Crippen molar-refractivity contribution < 1.29 is 14.7 Å². The van der Waals surface area contributed by atoms with E-state index in [1.165, 1.54) is 18.2 Å². The van der Waals surface area contributed by atoms with Crippen molar-refractivity contribution in [1.29, 1.82) is 0 Å². The smallest absolute Gasteiger partial charge is 0.337 e. The third-order valence-corrected chi connectivity index (χ3v) is 4.31. The average Bonchev–Trinajstić information content (AvgIpc) is 2.67. The van der Waals surface area contributed by atoms with Crippen LogP contribution >= 0.6 is 11.6 Å². The Labute approximate surface area is 161 Å². The molecule has 27 heavy (non-hydrogen) atoms. The van der Waals surface area contributed by atoms with Crippen molar-refractivity contribution in [2.75, 3.05) is 5.32 Å². The van der Waals surface area contributed by atoms with Gasteiger partial charge in [0, 0.05) is 23.8 Å². The molecular weight excluding hydrogens is 364 g/mol. The maximum Gasteiger partial charge on any atom is 0.337 e. The summed E-state index contributed by atoms with van der Waals surface area (Å²) >= 11 is 5.89. The Bertz CT molecular complexity index is 957. The van der Waals surface area contributed by atoms with E-state index in [9.17, 15) is 14.7 Å². The van der Waals surface area contributed by atoms with E-state index in [1.54, 1.807) is 12.4 Å². The van der Waals surface area contributed by atoms with Crippen LogP contribution in [0.5, 0.6) is 0 Å². The Morgan fingerprint density at radius 1 is 1.04 bits per heavy atom. The number of amides is 1. The quantitative estimate of drug-likeness (QED) is 0.651. The molecule has 0 atom stereocenters. The number of carboxylic acids is 1. The molecule has 2 aromatic carbocycles. The third-order valence-electron chi connectivity index (χ3n) is 4.08. The maximum absolute atomic E-state index is 12.2. The maximum atomic E-state index is 12.2. The Morgan fingerprint density at radius 2 is 1.81 bits per heavy atom. The summed E-state index contributed by atoms with van der Waals surface area (Å²) in [5, 5.41) is 12.2. The second-order valence-electron chi connectivity index (χ2n) is 5.98. The van der Waals surface area contributed by atoms with E-state index in [0.29, 0.717) is 11.4 Å². The summed E-state index contributed by atoms with van der Waals surface area (Å²) in [6.07, 6.45) is 4.31. The first-order valence-corrected chi connectivity index (χ1v) is 8.73. The van der Waals surface area contributed by atoms with Crippen molar-refractivity contribution >= 4 is 29.2 Å². The number of carboxylic acid groups (broad SMARTS) is 1. The van der Waals surface area contributed by atoms with Gasteiger partial charge < -0.3 is 10.4 Å². The molecule has 6 heteroatoms. The second kappa shape index (κ2) is 8.47. The number of rotatable bonds is 6. The van der Waals surface area contributed by atoms with Crippen LogP contribution in [-0.2, 0) is 11.2 Å². The summed E-state index contributed by atoms with van der Waals surface area (Å²) in [6.45, 7) is 0. The van der Waals surface area contributed by atoms with Gasteiger partial charge in [0.15, 0.2) is 0 Å². The number of hydrogen-bond acceptors (Lipinski definition) is 3. The predicted molar refractivity (Wildman–Crippen MR) is 105 cm³/mol. The van der Waals surface area contributed by atoms with Crippen LogP contribution < -0.4 is 5.32 Å². The van der Waals surface area contributed by atoms with Gasteiger partial charge in [-0.15, -0.1) is 0 Å². The SMILES string of the molecule is O=C(CCc1ccc(-c2cccnc2)cc1)Nc1cc(Cl)ccc1C(=O)O. The summed E-state index contributed by atoms with van der Waals surface area (Å²) < 4.78 is 0. The van der Waals surface area contributed by atoms with Crippen LogP contribution in [0, 0.1) is 0 Å². The second-order valence-corrected chi connectivity index (χ2v) is 6.42. The molecule has 1 aromatic heterocycles. The van der Waals surface area contributed by atoms with Gasteiger partial charge in [0.1, 0.15) is 0 Å². The highest BCUT2D eigenvalue weighted by molar-refractivity contribution is 6.31. The molecule has 0 aliphatic rings. The van der Waals surface area contributed by atoms with E-state index < -0.39 is 5.97 Å². The van der Waals surface area contributed by atoms with E-state index in [2.05, 4.69) is 10.3 Å². The number of halogens is 1. The minimum Gasteiger partial charge on any atom is -0.478 e. The van der Waals surface area contributed by atoms with Gasteiger partial charge in [-0.2, -0.15) is 0 Å². The normalized spacial score (nSPS) is 10.4. The number of pyridine rings is 1. The number of benzene rings is 2. The number of nitrogens with zero attached hydrogens (tertiary/aromatic N) is 1. The van der Waals surface area contributed by atoms with Crippen LogP contribution in [0.4, 0.5) is 5.69 Å². The lowest BCUT2D eigenvalue weighted by Gasteiger charge is -2.09. The van der Waals surface area contributed by atoms with Crippen molar-refractivity contribution in [3.05, 3.63) is 83.1 Å². The number of carbonyl (C=O) groups excluding carboxylic acids is 1. The van der Waals surface area contributed by atoms with Crippen LogP contribution in [-0.4, -0.2) is 22.0 Å². The molecule has 1 heterocycles. The third kappa shape index (κ3) is 4.92. The Balaban J connectivity index is 1.61. The zero-order valence-corrected chi connectivity index (χ0v) is 15.1. The molecule has 0 bridgehead atoms. The van der Waals surface area contributed by atoms with Gasteiger partial charge in [0.2, 0.25) is 5.91 Å². The van der Waals surface area contributed by atoms with Gasteiger partial charge in [-0.3, -0.25) is 9.78 Å². The number of hydrogen-bond donors (Lipinski definition) is 2. The number of aryl methyl sites for hydroxylation is 1. The van der Waals surface area contributed by atoms with E-state index in [0.717, 1.165) is 16.7 Å². The number of carbonyl (C=O) groups is 2. The molecule has 2 N–H and O–H groups in total. The summed E-state index contributed by atoms with van der Waals surface area (Å²) in [4.78, 5) is 27.6. The lowest BCUT2D eigenvalue weighted by atomic mass is 10.0. The highest BCUT2D eigenvalue weighted by Gasteiger charge is 2.13. The van der Waals surface area contributed by atoms with E-state index in [4.69, 9.17) is 11.6 Å². The Kier molecular flexibility index (Phi) is 5.84. The Morgan fingerprint density at radius 3 is 2.48 bits per heavy atom. The number of aromatic carboxylic acids is 1. The summed E-state index contributed by atoms with van der Waals surface area (Å²) in [6, 6.07) is 16.1. The zero-order chi connectivity index (χ0) is 19.2. The van der Waals surface area contributed by atoms with E-state index in [1.807, 2.05) is 36.4 Å². The largest absolute Gasteiger partial charge is 0.478 e. The standard InChI is InChI=1S/C21H17ClN2O3/c22-17-8-9-18(21(26)27)19(12-17)24-20(25)10-5-14-3-6-15(7-4-14)16-2-1-11-23-13-16/h1-4,6-9,11-13H,5,10H2,(H,24,25)(H,26,27). The van der Waals surface area contributed by atoms with Crippen LogP contribution in [0.1, 0.15) is 22.3 Å². The molecule has 5 nitrogen and oxygen atoms in total. The molecule has 0 radical (unpaired) electrons. The van der Waals surface area contributed by atoms with Crippen LogP contribution in [0.3, 0.4) is 0 Å². The van der Waals surface area contributed by atoms with E-state index >= 15 is 0 Å². The van der Waals surface area contributed by atoms with Gasteiger partial charge >= 0.3 is 5.97 Å². The van der Waals surface area contributed by atoms with Gasteiger partial charge in [-0.05, 0) is 47.4 Å². The molecule has 3 aromatic rings. The van der Waals surface area contributed by atoms with Gasteiger partial charge in [0.25, 0.3) is 0 Å². The van der Waals surface area contributed by atoms with Crippen LogP contribution in [0.25, 0.3) is 11.1 Å². The highest BCUT2D eigenvalue weighted by Crippen LogP contribution is 2.22. The molecule has 0 aliphatic carbocycles. The number of aromatic nitrogens is 1. The van der Waals surface area contributed by atoms with Crippen molar-refractivity contribution in [3.8, 4) is 11.1 Å². The first-order valence-electron chi connectivity index (χ1n) is 8.35. The lowest BCUT2D eigenvalue weighted by Crippen LogP contribution is -2.15. The molecule has 0 fully saturated rings. The monoisotopic (exact) mass is 380 g/mol. The topological polar surface area (TPSA) is 79.3 Å². The molecule has 0 aliphatic heterocycles. The lowest BCUT2D eigenvalue weighted by molar-refractivity contribution is -0.116. The van der Waals surface area contributed by atoms with Crippen molar-refractivity contribution in [1.82, 2.24) is 4.98 Å². The van der Waals surface area contributed by atoms with Gasteiger partial charge in [0.05, 0.1) is 11.3 Å². The fraction of sp³-hybridized carbons (Fsp3) is 0.0952. The van der Waals surface area contributed by atoms with Crippen molar-refractivity contribution in [3.63, 3.8) is 0 Å². The zero-order valence-electron chi connectivity index (χ0n) is 14.4. The molecule has 0 unspecified atom stereocenters. The van der Waals surface area contributed by atoms with Crippen molar-refractivity contribution in [2.45, 2.75) is 12.8 Å². The minimum absolute atomic E-state index is 0.00794. The van der Waals surface area contributed by atoms with Crippen molar-refractivity contribution in [2.24, 2.45) is 0 Å². The van der Waals surface area contributed by atoms with Gasteiger partial charge in [-0.1, -0.05) is 41.9 Å². The van der Waals surface area contributed by atoms with Crippen LogP contribution in [0.2, 0.25) is 5.02 Å². The highest BCUT2D eigenvalue weighted by atomic mass is 35.5. The fourth-order valence-electron chi connectivity index (χ4n) is 2.67. The predicted octanol–water partition coefficient (Wildman–Crippen LogP) is 4.67. The van der Waals surface area contributed by atoms with Crippen LogP contribution in [0.15, 0.2) is 67.0 Å². The summed E-state index contributed by atoms with van der Waals surface area (Å²) in [5.41, 5.74) is 3.31. The molecule has 3 rings (SSSR count). The fourth-order valence-corrected chi connectivity index (χ4v) is 2.85. The average molecular weight is 381 g/mol. The Hall–Kier alpha value is -3.18. The number of anilines is 1. The molecule has 0 saturated heterocycles. The first-order chi connectivity index (χ1) is 13.0. The van der Waals surface area contributed by atoms with Gasteiger partial charge in [-0.25, -0.2) is 4.79 Å². The first kappa shape index (κ1) is 18.6. The molecular formula is C21H17ClN2O3. The molecule has 0 spiro atoms. The summed E-state index contributed by atoms with van der Waals surface area (Å²) in [7, 11) is 0. The molecule has 1 amide bonds.